The standard InChI is InChI=1S/C23H34N4O5.HI/c1-4-24-23(26-16-19(28)20-6-5-11-32-20)25-15-18(27-9-12-31-13-10-27)17-7-8-21(29-2)22(14-17)30-3;/h5-8,11,14,18-19,28H,4,9-10,12-13,15-16H2,1-3H3,(H2,24,25,26);1H. The highest BCUT2D eigenvalue weighted by atomic mass is 127. The smallest absolute Gasteiger partial charge is 0.191 e. The fourth-order valence-corrected chi connectivity index (χ4v) is 3.68. The monoisotopic (exact) mass is 574 g/mol. The van der Waals surface area contributed by atoms with Crippen LogP contribution in [0.4, 0.5) is 0 Å². The van der Waals surface area contributed by atoms with E-state index in [1.807, 2.05) is 19.1 Å². The number of benzene rings is 1. The van der Waals surface area contributed by atoms with Crippen molar-refractivity contribution in [3.63, 3.8) is 0 Å². The van der Waals surface area contributed by atoms with E-state index in [0.29, 0.717) is 49.5 Å². The number of ether oxygens (including phenoxy) is 3. The minimum atomic E-state index is -0.755. The van der Waals surface area contributed by atoms with E-state index in [0.717, 1.165) is 18.7 Å². The fraction of sp³-hybridized carbons (Fsp3) is 0.522. The normalized spacial score (nSPS) is 16.4. The van der Waals surface area contributed by atoms with Gasteiger partial charge >= 0.3 is 0 Å². The van der Waals surface area contributed by atoms with Crippen LogP contribution in [0, 0.1) is 0 Å². The van der Waals surface area contributed by atoms with Crippen molar-refractivity contribution >= 4 is 29.9 Å². The van der Waals surface area contributed by atoms with E-state index >= 15 is 0 Å². The van der Waals surface area contributed by atoms with Crippen LogP contribution in [0.2, 0.25) is 0 Å². The Morgan fingerprint density at radius 2 is 1.91 bits per heavy atom. The molecule has 0 radical (unpaired) electrons. The maximum absolute atomic E-state index is 10.3. The second-order valence-electron chi connectivity index (χ2n) is 7.41. The van der Waals surface area contributed by atoms with E-state index in [-0.39, 0.29) is 36.6 Å². The van der Waals surface area contributed by atoms with Crippen LogP contribution in [0.5, 0.6) is 11.5 Å². The Labute approximate surface area is 212 Å². The van der Waals surface area contributed by atoms with E-state index in [2.05, 4.69) is 21.6 Å². The van der Waals surface area contributed by atoms with Gasteiger partial charge in [-0.3, -0.25) is 9.89 Å². The van der Waals surface area contributed by atoms with Gasteiger partial charge in [-0.15, -0.1) is 24.0 Å². The zero-order chi connectivity index (χ0) is 22.8. The van der Waals surface area contributed by atoms with Gasteiger partial charge in [0, 0.05) is 19.6 Å². The largest absolute Gasteiger partial charge is 0.493 e. The van der Waals surface area contributed by atoms with Crippen LogP contribution in [-0.2, 0) is 4.74 Å². The lowest BCUT2D eigenvalue weighted by Gasteiger charge is -2.34. The molecule has 1 aromatic heterocycles. The number of aliphatic hydroxyl groups excluding tert-OH is 1. The number of methoxy groups -OCH3 is 2. The van der Waals surface area contributed by atoms with Crippen molar-refractivity contribution in [2.24, 2.45) is 4.99 Å². The van der Waals surface area contributed by atoms with Gasteiger partial charge in [0.05, 0.1) is 52.8 Å². The van der Waals surface area contributed by atoms with E-state index in [1.165, 1.54) is 0 Å². The minimum Gasteiger partial charge on any atom is -0.493 e. The lowest BCUT2D eigenvalue weighted by molar-refractivity contribution is 0.0179. The summed E-state index contributed by atoms with van der Waals surface area (Å²) in [6.07, 6.45) is 0.795. The van der Waals surface area contributed by atoms with Gasteiger partial charge in [0.25, 0.3) is 0 Å². The van der Waals surface area contributed by atoms with Gasteiger partial charge < -0.3 is 34.4 Å². The molecule has 2 aromatic rings. The molecule has 1 aromatic carbocycles. The summed E-state index contributed by atoms with van der Waals surface area (Å²) in [5, 5.41) is 16.7. The molecule has 1 aliphatic rings. The third kappa shape index (κ3) is 7.76. The van der Waals surface area contributed by atoms with Crippen LogP contribution in [0.25, 0.3) is 0 Å². The van der Waals surface area contributed by atoms with Crippen molar-refractivity contribution in [1.29, 1.82) is 0 Å². The highest BCUT2D eigenvalue weighted by molar-refractivity contribution is 14.0. The van der Waals surface area contributed by atoms with Crippen LogP contribution in [-0.4, -0.2) is 76.1 Å². The van der Waals surface area contributed by atoms with Gasteiger partial charge in [-0.1, -0.05) is 6.07 Å². The summed E-state index contributed by atoms with van der Waals surface area (Å²) in [4.78, 5) is 7.19. The van der Waals surface area contributed by atoms with Gasteiger partial charge in [-0.2, -0.15) is 0 Å². The third-order valence-corrected chi connectivity index (χ3v) is 5.38. The number of aliphatic imine (C=N–C) groups is 1. The van der Waals surface area contributed by atoms with Crippen molar-refractivity contribution in [2.45, 2.75) is 19.1 Å². The Hall–Kier alpha value is -2.02. The highest BCUT2D eigenvalue weighted by Crippen LogP contribution is 2.32. The lowest BCUT2D eigenvalue weighted by atomic mass is 10.0. The average molecular weight is 574 g/mol. The van der Waals surface area contributed by atoms with Crippen molar-refractivity contribution in [3.8, 4) is 11.5 Å². The number of guanidine groups is 1. The number of halogens is 1. The molecule has 0 amide bonds. The SMILES string of the molecule is CCNC(=NCC(c1ccc(OC)c(OC)c1)N1CCOCC1)NCC(O)c1ccco1.I. The number of nitrogens with one attached hydrogen (secondary N) is 2. The van der Waals surface area contributed by atoms with Crippen molar-refractivity contribution in [2.75, 3.05) is 60.2 Å². The van der Waals surface area contributed by atoms with Crippen molar-refractivity contribution in [1.82, 2.24) is 15.5 Å². The summed E-state index contributed by atoms with van der Waals surface area (Å²) in [6, 6.07) is 9.54. The van der Waals surface area contributed by atoms with Gasteiger partial charge in [-0.05, 0) is 36.8 Å². The topological polar surface area (TPSA) is 101 Å². The predicted molar refractivity (Wildman–Crippen MR) is 138 cm³/mol. The summed E-state index contributed by atoms with van der Waals surface area (Å²) >= 11 is 0. The number of nitrogens with zero attached hydrogens (tertiary/aromatic N) is 2. The predicted octanol–water partition coefficient (Wildman–Crippen LogP) is 2.58. The summed E-state index contributed by atoms with van der Waals surface area (Å²) in [6.45, 7) is 6.59. The summed E-state index contributed by atoms with van der Waals surface area (Å²) in [7, 11) is 3.27. The molecule has 0 spiro atoms. The molecular formula is C23H35IN4O5. The molecule has 0 saturated carbocycles. The molecule has 2 heterocycles. The number of hydrogen-bond donors (Lipinski definition) is 3. The molecule has 9 nitrogen and oxygen atoms in total. The molecule has 1 fully saturated rings. The van der Waals surface area contributed by atoms with Crippen LogP contribution < -0.4 is 20.1 Å². The Morgan fingerprint density at radius 3 is 2.55 bits per heavy atom. The lowest BCUT2D eigenvalue weighted by Crippen LogP contribution is -2.42. The molecular weight excluding hydrogens is 539 g/mol. The maximum atomic E-state index is 10.3. The second-order valence-corrected chi connectivity index (χ2v) is 7.41. The number of morpholine rings is 1. The van der Waals surface area contributed by atoms with E-state index in [1.54, 1.807) is 32.6 Å². The van der Waals surface area contributed by atoms with Crippen molar-refractivity contribution in [3.05, 3.63) is 47.9 Å². The Kier molecular flexibility index (Phi) is 11.8. The van der Waals surface area contributed by atoms with Crippen LogP contribution in [0.3, 0.4) is 0 Å². The molecule has 0 aliphatic carbocycles. The van der Waals surface area contributed by atoms with Gasteiger partial charge in [0.1, 0.15) is 11.9 Å². The summed E-state index contributed by atoms with van der Waals surface area (Å²) in [5.74, 6) is 2.54. The quantitative estimate of drug-likeness (QED) is 0.226. The molecule has 1 aliphatic heterocycles. The highest BCUT2D eigenvalue weighted by Gasteiger charge is 2.24. The molecule has 2 atom stereocenters. The molecule has 10 heteroatoms. The first kappa shape index (κ1) is 27.2. The molecule has 2 unspecified atom stereocenters. The molecule has 184 valence electrons. The number of furan rings is 1. The molecule has 33 heavy (non-hydrogen) atoms. The minimum absolute atomic E-state index is 0. The summed E-state index contributed by atoms with van der Waals surface area (Å²) in [5.41, 5.74) is 1.10. The van der Waals surface area contributed by atoms with E-state index in [9.17, 15) is 5.11 Å². The van der Waals surface area contributed by atoms with Crippen LogP contribution >= 0.6 is 24.0 Å². The molecule has 3 rings (SSSR count). The number of aliphatic hydroxyl groups is 1. The second kappa shape index (κ2) is 14.3. The van der Waals surface area contributed by atoms with E-state index < -0.39 is 6.10 Å². The van der Waals surface area contributed by atoms with Gasteiger partial charge in [0.15, 0.2) is 17.5 Å². The van der Waals surface area contributed by atoms with Gasteiger partial charge in [-0.25, -0.2) is 0 Å². The average Bonchev–Trinajstić information content (AvgIpc) is 3.38. The molecule has 3 N–H and O–H groups in total. The van der Waals surface area contributed by atoms with Crippen molar-refractivity contribution < 1.29 is 23.7 Å². The molecule has 0 bridgehead atoms. The maximum Gasteiger partial charge on any atom is 0.191 e. The Morgan fingerprint density at radius 1 is 1.15 bits per heavy atom. The molecule has 1 saturated heterocycles. The Bertz CT molecular complexity index is 843. The third-order valence-electron chi connectivity index (χ3n) is 5.38. The zero-order valence-corrected chi connectivity index (χ0v) is 21.8. The van der Waals surface area contributed by atoms with Crippen LogP contribution in [0.1, 0.15) is 30.4 Å². The summed E-state index contributed by atoms with van der Waals surface area (Å²) < 4.78 is 21.7. The van der Waals surface area contributed by atoms with E-state index in [4.69, 9.17) is 23.6 Å². The number of rotatable bonds is 10. The first-order valence-corrected chi connectivity index (χ1v) is 10.9. The fourth-order valence-electron chi connectivity index (χ4n) is 3.68. The Balaban J connectivity index is 0.00000385. The first-order chi connectivity index (χ1) is 15.7. The first-order valence-electron chi connectivity index (χ1n) is 10.9. The zero-order valence-electron chi connectivity index (χ0n) is 19.5. The number of hydrogen-bond acceptors (Lipinski definition) is 7. The van der Waals surface area contributed by atoms with Crippen LogP contribution in [0.15, 0.2) is 46.0 Å². The van der Waals surface area contributed by atoms with Gasteiger partial charge in [0.2, 0.25) is 0 Å².